The Labute approximate surface area is 200 Å². The number of nitrogens with zero attached hydrogens (tertiary/aromatic N) is 2. The molecule has 1 atom stereocenters. The fourth-order valence-corrected chi connectivity index (χ4v) is 6.70. The van der Waals surface area contributed by atoms with Crippen LogP contribution >= 0.6 is 11.8 Å². The Kier molecular flexibility index (Phi) is 8.47. The zero-order valence-corrected chi connectivity index (χ0v) is 20.4. The van der Waals surface area contributed by atoms with Gasteiger partial charge in [-0.3, -0.25) is 4.98 Å². The van der Waals surface area contributed by atoms with E-state index >= 15 is 4.39 Å². The molecule has 1 aliphatic heterocycles. The Bertz CT molecular complexity index is 915. The maximum Gasteiger partial charge on any atom is 0.148 e. The van der Waals surface area contributed by atoms with Crippen molar-refractivity contribution in [1.82, 2.24) is 9.88 Å². The molecule has 1 saturated heterocycles. The number of ether oxygens (including phenoxy) is 1. The van der Waals surface area contributed by atoms with Crippen molar-refractivity contribution in [3.63, 3.8) is 0 Å². The number of aliphatic hydroxyl groups excluding tert-OH is 1. The van der Waals surface area contributed by atoms with Gasteiger partial charge in [0.25, 0.3) is 0 Å². The summed E-state index contributed by atoms with van der Waals surface area (Å²) >= 11 is 2.11. The zero-order valence-electron chi connectivity index (χ0n) is 19.6. The molecule has 2 fully saturated rings. The van der Waals surface area contributed by atoms with Crippen LogP contribution in [0.2, 0.25) is 0 Å². The molecule has 7 heteroatoms. The summed E-state index contributed by atoms with van der Waals surface area (Å²) in [7, 11) is 1.53. The van der Waals surface area contributed by atoms with E-state index in [0.717, 1.165) is 43.9 Å². The first kappa shape index (κ1) is 24.7. The third-order valence-electron chi connectivity index (χ3n) is 7.62. The topological polar surface area (TPSA) is 45.6 Å². The molecule has 2 aromatic rings. The molecule has 0 amide bonds. The van der Waals surface area contributed by atoms with Gasteiger partial charge >= 0.3 is 0 Å². The highest BCUT2D eigenvalue weighted by Gasteiger charge is 2.35. The summed E-state index contributed by atoms with van der Waals surface area (Å²) in [4.78, 5) is 6.57. The number of aromatic nitrogens is 1. The van der Waals surface area contributed by atoms with E-state index in [2.05, 4.69) is 21.6 Å². The highest BCUT2D eigenvalue weighted by Crippen LogP contribution is 2.41. The fraction of sp³-hybridized carbons (Fsp3) is 0.654. The van der Waals surface area contributed by atoms with E-state index in [1.165, 1.54) is 38.5 Å². The van der Waals surface area contributed by atoms with E-state index in [-0.39, 0.29) is 24.0 Å². The summed E-state index contributed by atoms with van der Waals surface area (Å²) in [5, 5.41) is 11.5. The van der Waals surface area contributed by atoms with Gasteiger partial charge in [-0.2, -0.15) is 11.8 Å². The number of methoxy groups -OCH3 is 1. The highest BCUT2D eigenvalue weighted by molar-refractivity contribution is 7.99. The molecular weight excluding hydrogens is 442 g/mol. The van der Waals surface area contributed by atoms with Crippen LogP contribution in [-0.2, 0) is 0 Å². The number of rotatable bonds is 10. The Morgan fingerprint density at radius 2 is 2.03 bits per heavy atom. The van der Waals surface area contributed by atoms with Crippen LogP contribution < -0.4 is 4.74 Å². The van der Waals surface area contributed by atoms with Crippen LogP contribution in [0.3, 0.4) is 0 Å². The predicted octanol–water partition coefficient (Wildman–Crippen LogP) is 5.92. The van der Waals surface area contributed by atoms with Gasteiger partial charge in [0, 0.05) is 35.1 Å². The quantitative estimate of drug-likeness (QED) is 0.459. The van der Waals surface area contributed by atoms with Crippen molar-refractivity contribution in [3.05, 3.63) is 35.8 Å². The van der Waals surface area contributed by atoms with Crippen molar-refractivity contribution in [2.24, 2.45) is 5.41 Å². The molecule has 4 rings (SSSR count). The maximum absolute atomic E-state index is 15.4. The molecule has 4 nitrogen and oxygen atoms in total. The number of alkyl halides is 1. The summed E-state index contributed by atoms with van der Waals surface area (Å²) in [5.41, 5.74) is 0.319. The molecule has 33 heavy (non-hydrogen) atoms. The van der Waals surface area contributed by atoms with Crippen LogP contribution in [0.1, 0.15) is 63.1 Å². The average Bonchev–Trinajstić information content (AvgIpc) is 3.36. The Hall–Kier alpha value is -1.44. The number of aliphatic hydroxyl groups is 1. The first-order valence-electron chi connectivity index (χ1n) is 12.2. The van der Waals surface area contributed by atoms with Gasteiger partial charge in [-0.15, -0.1) is 0 Å². The number of thioether (sulfide) groups is 1. The number of halogens is 2. The van der Waals surface area contributed by atoms with Gasteiger partial charge < -0.3 is 14.7 Å². The third-order valence-corrected chi connectivity index (χ3v) is 8.99. The van der Waals surface area contributed by atoms with Gasteiger partial charge in [-0.05, 0) is 75.2 Å². The molecule has 0 radical (unpaired) electrons. The van der Waals surface area contributed by atoms with Gasteiger partial charge in [-0.25, -0.2) is 8.78 Å². The summed E-state index contributed by atoms with van der Waals surface area (Å²) in [6, 6.07) is 5.11. The molecule has 0 spiro atoms. The molecule has 2 heterocycles. The van der Waals surface area contributed by atoms with Crippen molar-refractivity contribution < 1.29 is 18.6 Å². The first-order chi connectivity index (χ1) is 16.0. The van der Waals surface area contributed by atoms with Gasteiger partial charge in [-0.1, -0.05) is 12.8 Å². The van der Waals surface area contributed by atoms with Gasteiger partial charge in [0.2, 0.25) is 0 Å². The summed E-state index contributed by atoms with van der Waals surface area (Å²) in [6.07, 6.45) is 7.58. The van der Waals surface area contributed by atoms with E-state index in [1.54, 1.807) is 18.2 Å². The lowest BCUT2D eigenvalue weighted by molar-refractivity contribution is 0.0321. The largest absolute Gasteiger partial charge is 0.497 e. The number of likely N-dealkylation sites (tertiary alicyclic amines) is 1. The Balaban J connectivity index is 1.33. The van der Waals surface area contributed by atoms with Crippen LogP contribution in [0.4, 0.5) is 8.78 Å². The van der Waals surface area contributed by atoms with Crippen molar-refractivity contribution in [1.29, 1.82) is 0 Å². The monoisotopic (exact) mass is 478 g/mol. The molecule has 182 valence electrons. The van der Waals surface area contributed by atoms with Crippen LogP contribution in [0, 0.1) is 11.2 Å². The van der Waals surface area contributed by atoms with Gasteiger partial charge in [0.1, 0.15) is 17.7 Å². The van der Waals surface area contributed by atoms with Crippen molar-refractivity contribution in [2.75, 3.05) is 39.1 Å². The first-order valence-corrected chi connectivity index (χ1v) is 13.3. The second-order valence-corrected chi connectivity index (χ2v) is 11.1. The minimum Gasteiger partial charge on any atom is -0.497 e. The van der Waals surface area contributed by atoms with Crippen LogP contribution in [0.15, 0.2) is 24.4 Å². The van der Waals surface area contributed by atoms with Gasteiger partial charge in [0.05, 0.1) is 18.8 Å². The average molecular weight is 479 g/mol. The molecule has 1 saturated carbocycles. The minimum atomic E-state index is -1.45. The lowest BCUT2D eigenvalue weighted by atomic mass is 9.74. The molecule has 0 bridgehead atoms. The molecule has 2 aliphatic rings. The Morgan fingerprint density at radius 1 is 1.27 bits per heavy atom. The fourth-order valence-electron chi connectivity index (χ4n) is 5.33. The number of benzene rings is 1. The van der Waals surface area contributed by atoms with E-state index < -0.39 is 12.0 Å². The smallest absolute Gasteiger partial charge is 0.148 e. The van der Waals surface area contributed by atoms with Crippen molar-refractivity contribution in [2.45, 2.75) is 62.8 Å². The number of fused-ring (bicyclic) bond motifs is 1. The van der Waals surface area contributed by atoms with E-state index in [1.807, 2.05) is 0 Å². The lowest BCUT2D eigenvalue weighted by Crippen LogP contribution is -2.43. The second-order valence-electron chi connectivity index (χ2n) is 9.69. The number of piperidine rings is 1. The molecule has 1 aliphatic carbocycles. The van der Waals surface area contributed by atoms with Crippen LogP contribution in [0.5, 0.6) is 5.75 Å². The second kappa shape index (κ2) is 11.3. The maximum atomic E-state index is 15.4. The van der Waals surface area contributed by atoms with E-state index in [4.69, 9.17) is 4.74 Å². The predicted molar refractivity (Wildman–Crippen MR) is 131 cm³/mol. The van der Waals surface area contributed by atoms with Gasteiger partial charge in [0.15, 0.2) is 0 Å². The third kappa shape index (κ3) is 5.98. The van der Waals surface area contributed by atoms with E-state index in [0.29, 0.717) is 23.1 Å². The number of hydrogen-bond acceptors (Lipinski definition) is 5. The number of hydrogen-bond donors (Lipinski definition) is 1. The minimum absolute atomic E-state index is 0.0494. The van der Waals surface area contributed by atoms with Crippen LogP contribution in [-0.4, -0.2) is 59.3 Å². The standard InChI is InChI=1S/C26H36F2N2O2S/c1-32-19-6-7-24-21(16-19)25(23(28)17-29-24)22(27)8-9-26(18-31)10-12-30(13-11-26)14-15-33-20-4-2-3-5-20/h6-7,16-17,20,22,31H,2-5,8-15,18H2,1H3/t22-/m0/s1. The van der Waals surface area contributed by atoms with Crippen LogP contribution in [0.25, 0.3) is 10.9 Å². The van der Waals surface area contributed by atoms with E-state index in [9.17, 15) is 9.50 Å². The molecule has 1 aromatic heterocycles. The molecular formula is C26H36F2N2O2S. The normalized spacial score (nSPS) is 20.4. The zero-order chi connectivity index (χ0) is 23.3. The molecule has 1 N–H and O–H groups in total. The summed E-state index contributed by atoms with van der Waals surface area (Å²) in [6.45, 7) is 3.02. The summed E-state index contributed by atoms with van der Waals surface area (Å²) < 4.78 is 35.3. The molecule has 1 aromatic carbocycles. The summed E-state index contributed by atoms with van der Waals surface area (Å²) in [5.74, 6) is 1.09. The van der Waals surface area contributed by atoms with Crippen molar-refractivity contribution >= 4 is 22.7 Å². The number of pyridine rings is 1. The Morgan fingerprint density at radius 3 is 2.73 bits per heavy atom. The highest BCUT2D eigenvalue weighted by atomic mass is 32.2. The SMILES string of the molecule is COc1ccc2ncc(F)c([C@@H](F)CCC3(CO)CCN(CCSC4CCCC4)CC3)c2c1. The molecule has 0 unspecified atom stereocenters. The lowest BCUT2D eigenvalue weighted by Gasteiger charge is -2.41. The van der Waals surface area contributed by atoms with Crippen molar-refractivity contribution in [3.8, 4) is 5.75 Å².